The number of ketones is 1. The van der Waals surface area contributed by atoms with Crippen LogP contribution < -0.4 is 18.9 Å². The molecule has 2 aromatic rings. The highest BCUT2D eigenvalue weighted by Crippen LogP contribution is 2.43. The Morgan fingerprint density at radius 2 is 1.78 bits per heavy atom. The molecular weight excluding hydrogens is 478 g/mol. The molecule has 9 heteroatoms. The average molecular weight is 512 g/mol. The number of hydrogen-bond acceptors (Lipinski definition) is 8. The number of ether oxygens (including phenoxy) is 5. The van der Waals surface area contributed by atoms with Gasteiger partial charge in [-0.25, -0.2) is 0 Å². The van der Waals surface area contributed by atoms with Crippen LogP contribution in [0.2, 0.25) is 0 Å². The smallest absolute Gasteiger partial charge is 0.295 e. The Kier molecular flexibility index (Phi) is 8.55. The summed E-state index contributed by atoms with van der Waals surface area (Å²) in [5, 5.41) is 11.4. The molecule has 0 aliphatic carbocycles. The molecule has 4 rings (SSSR count). The van der Waals surface area contributed by atoms with Crippen molar-refractivity contribution in [2.24, 2.45) is 0 Å². The molecule has 0 saturated carbocycles. The van der Waals surface area contributed by atoms with Crippen molar-refractivity contribution < 1.29 is 38.4 Å². The fraction of sp³-hybridized carbons (Fsp3) is 0.429. The lowest BCUT2D eigenvalue weighted by Crippen LogP contribution is -2.32. The number of likely N-dealkylation sites (tertiary alicyclic amines) is 1. The second-order valence-electron chi connectivity index (χ2n) is 8.68. The monoisotopic (exact) mass is 511 g/mol. The lowest BCUT2D eigenvalue weighted by Gasteiger charge is -2.26. The highest BCUT2D eigenvalue weighted by atomic mass is 16.6. The van der Waals surface area contributed by atoms with Crippen molar-refractivity contribution in [3.8, 4) is 23.0 Å². The predicted molar refractivity (Wildman–Crippen MR) is 136 cm³/mol. The molecule has 1 atom stereocenters. The van der Waals surface area contributed by atoms with Gasteiger partial charge in [0.25, 0.3) is 11.7 Å². The summed E-state index contributed by atoms with van der Waals surface area (Å²) >= 11 is 0. The van der Waals surface area contributed by atoms with Crippen LogP contribution in [-0.2, 0) is 14.3 Å². The normalized spacial score (nSPS) is 18.2. The number of aliphatic hydroxyl groups is 1. The van der Waals surface area contributed by atoms with Gasteiger partial charge in [-0.15, -0.1) is 0 Å². The van der Waals surface area contributed by atoms with Crippen LogP contribution in [0.3, 0.4) is 0 Å². The first kappa shape index (κ1) is 26.3. The Hall–Kier alpha value is -3.72. The Morgan fingerprint density at radius 1 is 1.00 bits per heavy atom. The van der Waals surface area contributed by atoms with E-state index in [9.17, 15) is 14.7 Å². The number of rotatable bonds is 11. The summed E-state index contributed by atoms with van der Waals surface area (Å²) in [6.45, 7) is 6.12. The van der Waals surface area contributed by atoms with Crippen LogP contribution in [-0.4, -0.2) is 68.4 Å². The summed E-state index contributed by atoms with van der Waals surface area (Å²) < 4.78 is 28.1. The average Bonchev–Trinajstić information content (AvgIpc) is 3.17. The summed E-state index contributed by atoms with van der Waals surface area (Å²) in [4.78, 5) is 27.8. The molecule has 9 nitrogen and oxygen atoms in total. The summed E-state index contributed by atoms with van der Waals surface area (Å²) in [7, 11) is 1.52. The number of benzene rings is 2. The third-order valence-corrected chi connectivity index (χ3v) is 6.23. The van der Waals surface area contributed by atoms with Gasteiger partial charge < -0.3 is 33.7 Å². The molecule has 1 N–H and O–H groups in total. The number of carbonyl (C=O) groups is 2. The van der Waals surface area contributed by atoms with Crippen molar-refractivity contribution in [1.82, 2.24) is 4.90 Å². The molecule has 0 bridgehead atoms. The van der Waals surface area contributed by atoms with E-state index in [1.807, 2.05) is 6.92 Å². The van der Waals surface area contributed by atoms with Gasteiger partial charge in [-0.05, 0) is 49.2 Å². The zero-order valence-electron chi connectivity index (χ0n) is 21.5. The molecule has 1 saturated heterocycles. The first-order valence-corrected chi connectivity index (χ1v) is 12.6. The number of nitrogens with zero attached hydrogens (tertiary/aromatic N) is 1. The van der Waals surface area contributed by atoms with Crippen LogP contribution in [0.15, 0.2) is 42.0 Å². The van der Waals surface area contributed by atoms with Crippen molar-refractivity contribution >= 4 is 17.4 Å². The number of fused-ring (bicyclic) bond motifs is 1. The summed E-state index contributed by atoms with van der Waals surface area (Å²) in [5.74, 6) is 0.346. The van der Waals surface area contributed by atoms with E-state index in [4.69, 9.17) is 23.7 Å². The highest BCUT2D eigenvalue weighted by molar-refractivity contribution is 6.46. The van der Waals surface area contributed by atoms with Gasteiger partial charge in [0.1, 0.15) is 19.0 Å². The molecule has 0 unspecified atom stereocenters. The van der Waals surface area contributed by atoms with Crippen molar-refractivity contribution in [2.75, 3.05) is 46.7 Å². The minimum atomic E-state index is -0.841. The molecule has 0 radical (unpaired) electrons. The Morgan fingerprint density at radius 3 is 2.51 bits per heavy atom. The fourth-order valence-corrected chi connectivity index (χ4v) is 4.40. The predicted octanol–water partition coefficient (Wildman–Crippen LogP) is 4.10. The van der Waals surface area contributed by atoms with Crippen molar-refractivity contribution in [2.45, 2.75) is 32.7 Å². The van der Waals surface area contributed by atoms with Crippen LogP contribution in [0.5, 0.6) is 23.0 Å². The molecule has 37 heavy (non-hydrogen) atoms. The van der Waals surface area contributed by atoms with Crippen molar-refractivity contribution in [3.05, 3.63) is 53.1 Å². The van der Waals surface area contributed by atoms with Crippen LogP contribution in [0.4, 0.5) is 0 Å². The van der Waals surface area contributed by atoms with E-state index in [2.05, 4.69) is 6.92 Å². The van der Waals surface area contributed by atoms with E-state index in [1.54, 1.807) is 36.4 Å². The first-order chi connectivity index (χ1) is 18.0. The maximum absolute atomic E-state index is 13.3. The maximum Gasteiger partial charge on any atom is 0.295 e. The van der Waals surface area contributed by atoms with Gasteiger partial charge in [0.2, 0.25) is 0 Å². The van der Waals surface area contributed by atoms with Crippen LogP contribution >= 0.6 is 0 Å². The number of Topliss-reactive ketones (excluding diaryl/α,β-unsaturated/α-hetero) is 1. The van der Waals surface area contributed by atoms with E-state index in [0.29, 0.717) is 60.6 Å². The summed E-state index contributed by atoms with van der Waals surface area (Å²) in [6, 6.07) is 9.41. The lowest BCUT2D eigenvalue weighted by molar-refractivity contribution is -0.140. The largest absolute Gasteiger partial charge is 0.507 e. The SMILES string of the molecule is CCCCOc1ccc([C@H]2C(=C(O)c3ccc4c(c3)OCCO4)C(=O)C(=O)N2CCOC)cc1OCC. The zero-order valence-corrected chi connectivity index (χ0v) is 21.5. The van der Waals surface area contributed by atoms with Gasteiger partial charge in [-0.3, -0.25) is 9.59 Å². The van der Waals surface area contributed by atoms with Gasteiger partial charge in [-0.2, -0.15) is 0 Å². The maximum atomic E-state index is 13.3. The minimum absolute atomic E-state index is 0.0140. The Bertz CT molecular complexity index is 1170. The number of methoxy groups -OCH3 is 1. The van der Waals surface area contributed by atoms with Gasteiger partial charge in [0.15, 0.2) is 23.0 Å². The molecule has 2 aromatic carbocycles. The molecule has 1 fully saturated rings. The summed E-state index contributed by atoms with van der Waals surface area (Å²) in [5.41, 5.74) is 0.948. The van der Waals surface area contributed by atoms with E-state index in [-0.39, 0.29) is 24.5 Å². The molecule has 2 heterocycles. The van der Waals surface area contributed by atoms with Crippen molar-refractivity contribution in [1.29, 1.82) is 0 Å². The van der Waals surface area contributed by atoms with E-state index in [0.717, 1.165) is 12.8 Å². The molecule has 198 valence electrons. The lowest BCUT2D eigenvalue weighted by atomic mass is 9.94. The van der Waals surface area contributed by atoms with Gasteiger partial charge >= 0.3 is 0 Å². The number of aliphatic hydroxyl groups excluding tert-OH is 1. The van der Waals surface area contributed by atoms with Crippen LogP contribution in [0, 0.1) is 0 Å². The van der Waals surface area contributed by atoms with E-state index in [1.165, 1.54) is 12.0 Å². The number of hydrogen-bond donors (Lipinski definition) is 1. The zero-order chi connectivity index (χ0) is 26.4. The third-order valence-electron chi connectivity index (χ3n) is 6.23. The van der Waals surface area contributed by atoms with Gasteiger partial charge in [-0.1, -0.05) is 19.4 Å². The van der Waals surface area contributed by atoms with E-state index < -0.39 is 17.7 Å². The Labute approximate surface area is 216 Å². The molecule has 2 aliphatic heterocycles. The second-order valence-corrected chi connectivity index (χ2v) is 8.68. The second kappa shape index (κ2) is 12.0. The molecule has 1 amide bonds. The molecular formula is C28H33NO8. The fourth-order valence-electron chi connectivity index (χ4n) is 4.40. The first-order valence-electron chi connectivity index (χ1n) is 12.6. The van der Waals surface area contributed by atoms with Gasteiger partial charge in [0.05, 0.1) is 31.4 Å². The summed E-state index contributed by atoms with van der Waals surface area (Å²) in [6.07, 6.45) is 1.90. The topological polar surface area (TPSA) is 104 Å². The third kappa shape index (κ3) is 5.51. The van der Waals surface area contributed by atoms with Crippen LogP contribution in [0.1, 0.15) is 43.9 Å². The Balaban J connectivity index is 1.80. The van der Waals surface area contributed by atoms with Crippen LogP contribution in [0.25, 0.3) is 5.76 Å². The molecule has 2 aliphatic rings. The van der Waals surface area contributed by atoms with Crippen molar-refractivity contribution in [3.63, 3.8) is 0 Å². The quantitative estimate of drug-likeness (QED) is 0.208. The number of amides is 1. The minimum Gasteiger partial charge on any atom is -0.507 e. The van der Waals surface area contributed by atoms with E-state index >= 15 is 0 Å². The number of carbonyl (C=O) groups excluding carboxylic acids is 2. The standard InChI is InChI=1S/C28H33NO8/c1-4-6-12-35-20-9-7-18(16-22(20)34-5-2)25-24(27(31)28(32)29(25)11-13-33-3)26(30)19-8-10-21-23(17-19)37-15-14-36-21/h7-10,16-17,25,30H,4-6,11-15H2,1-3H3/t25-/m0/s1. The molecule has 0 spiro atoms. The van der Waals surface area contributed by atoms with Gasteiger partial charge in [0, 0.05) is 19.2 Å². The number of unbranched alkanes of at least 4 members (excludes halogenated alkanes) is 1. The highest BCUT2D eigenvalue weighted by Gasteiger charge is 2.46. The molecule has 0 aromatic heterocycles.